The van der Waals surface area contributed by atoms with Crippen molar-refractivity contribution >= 4 is 50.4 Å². The predicted octanol–water partition coefficient (Wildman–Crippen LogP) is 6.05. The summed E-state index contributed by atoms with van der Waals surface area (Å²) in [5.74, 6) is 0.202. The number of nitrogens with one attached hydrogen (secondary N) is 2. The molecule has 0 saturated heterocycles. The van der Waals surface area contributed by atoms with Crippen molar-refractivity contribution in [2.24, 2.45) is 0 Å². The summed E-state index contributed by atoms with van der Waals surface area (Å²) >= 11 is 2.85. The molecule has 1 aliphatic rings. The maximum atomic E-state index is 12.5. The fraction of sp³-hybridized carbons (Fsp3) is 0.321. The zero-order valence-electron chi connectivity index (χ0n) is 21.4. The Morgan fingerprint density at radius 3 is 1.79 bits per heavy atom. The second kappa shape index (κ2) is 12.2. The van der Waals surface area contributed by atoms with E-state index in [0.29, 0.717) is 22.4 Å². The minimum atomic E-state index is -0.166. The van der Waals surface area contributed by atoms with Gasteiger partial charge in [0, 0.05) is 11.8 Å². The lowest BCUT2D eigenvalue weighted by molar-refractivity contribution is -0.116. The van der Waals surface area contributed by atoms with Crippen LogP contribution in [0.1, 0.15) is 64.2 Å². The van der Waals surface area contributed by atoms with E-state index in [1.54, 1.807) is 24.3 Å². The smallest absolute Gasteiger partial charge is 0.230 e. The molecule has 1 saturated carbocycles. The van der Waals surface area contributed by atoms with E-state index in [9.17, 15) is 9.59 Å². The second-order valence-corrected chi connectivity index (χ2v) is 11.7. The van der Waals surface area contributed by atoms with E-state index < -0.39 is 0 Å². The van der Waals surface area contributed by atoms with Crippen molar-refractivity contribution in [1.29, 1.82) is 0 Å². The van der Waals surface area contributed by atoms with Gasteiger partial charge in [0.15, 0.2) is 5.69 Å². The average molecular weight is 558 g/mol. The van der Waals surface area contributed by atoms with E-state index in [1.807, 2.05) is 31.2 Å². The number of benzene rings is 2. The molecule has 9 nitrogen and oxygen atoms in total. The molecular weight excluding hydrogens is 530 g/mol. The van der Waals surface area contributed by atoms with Crippen LogP contribution in [0.25, 0.3) is 4.85 Å². The third kappa shape index (κ3) is 7.10. The van der Waals surface area contributed by atoms with E-state index >= 15 is 0 Å². The molecule has 0 aliphatic heterocycles. The number of hydrogen-bond acceptors (Lipinski definition) is 8. The monoisotopic (exact) mass is 557 g/mol. The molecule has 2 atom stereocenters. The molecule has 198 valence electrons. The van der Waals surface area contributed by atoms with Gasteiger partial charge < -0.3 is 10.6 Å². The van der Waals surface area contributed by atoms with Crippen molar-refractivity contribution in [1.82, 2.24) is 20.4 Å². The lowest BCUT2D eigenvalue weighted by Crippen LogP contribution is -2.14. The van der Waals surface area contributed by atoms with E-state index in [2.05, 4.69) is 35.9 Å². The summed E-state index contributed by atoms with van der Waals surface area (Å²) in [4.78, 5) is 28.3. The van der Waals surface area contributed by atoms with Gasteiger partial charge in [0.05, 0.1) is 19.4 Å². The number of amides is 2. The van der Waals surface area contributed by atoms with Crippen molar-refractivity contribution in [2.75, 3.05) is 10.6 Å². The largest absolute Gasteiger partial charge is 0.300 e. The Balaban J connectivity index is 1.14. The highest BCUT2D eigenvalue weighted by molar-refractivity contribution is 7.15. The highest BCUT2D eigenvalue weighted by Crippen LogP contribution is 2.43. The van der Waals surface area contributed by atoms with Crippen molar-refractivity contribution in [2.45, 2.75) is 57.3 Å². The van der Waals surface area contributed by atoms with Gasteiger partial charge in [-0.15, -0.1) is 20.4 Å². The third-order valence-electron chi connectivity index (χ3n) is 6.66. The van der Waals surface area contributed by atoms with Crippen LogP contribution in [-0.4, -0.2) is 32.2 Å². The zero-order valence-corrected chi connectivity index (χ0v) is 23.0. The summed E-state index contributed by atoms with van der Waals surface area (Å²) in [7, 11) is 0. The number of aromatic nitrogens is 4. The van der Waals surface area contributed by atoms with Crippen LogP contribution < -0.4 is 10.6 Å². The summed E-state index contributed by atoms with van der Waals surface area (Å²) < 4.78 is 0. The molecule has 0 bridgehead atoms. The molecule has 2 heterocycles. The average Bonchev–Trinajstić information content (AvgIpc) is 3.60. The predicted molar refractivity (Wildman–Crippen MR) is 152 cm³/mol. The van der Waals surface area contributed by atoms with Gasteiger partial charge in [0.25, 0.3) is 0 Å². The minimum Gasteiger partial charge on any atom is -0.300 e. The number of aryl methyl sites for hydroxylation is 1. The lowest BCUT2D eigenvalue weighted by atomic mass is 9.82. The normalized spacial score (nSPS) is 16.8. The van der Waals surface area contributed by atoms with Gasteiger partial charge in [-0.2, -0.15) is 0 Å². The second-order valence-electron chi connectivity index (χ2n) is 9.67. The number of rotatable bonds is 8. The Bertz CT molecular complexity index is 1490. The van der Waals surface area contributed by atoms with Crippen LogP contribution in [-0.2, 0) is 22.4 Å². The fourth-order valence-electron chi connectivity index (χ4n) is 4.63. The number of anilines is 2. The number of nitrogens with zero attached hydrogens (tertiary/aromatic N) is 5. The standard InChI is InChI=1S/C28H27N7O2S2/c1-17-6-8-18(9-7-17)14-23(36)30-27-34-32-25(38-27)20-4-3-5-21(16-20)26-33-35-28(39-26)31-24(37)15-19-10-12-22(29-2)13-11-19/h6-13,20-21H,3-5,14-16H2,1H3,(H,30,34,36)(H,31,35,37)/t20-,21-/m1/s1. The summed E-state index contributed by atoms with van der Waals surface area (Å²) in [5.41, 5.74) is 3.50. The summed E-state index contributed by atoms with van der Waals surface area (Å²) in [6.45, 7) is 9.05. The zero-order chi connectivity index (χ0) is 27.2. The highest BCUT2D eigenvalue weighted by atomic mass is 32.1. The molecule has 2 N–H and O–H groups in total. The van der Waals surface area contributed by atoms with Crippen LogP contribution in [0.15, 0.2) is 48.5 Å². The molecule has 1 aliphatic carbocycles. The number of carbonyl (C=O) groups is 2. The Morgan fingerprint density at radius 1 is 0.821 bits per heavy atom. The number of hydrogen-bond donors (Lipinski definition) is 2. The minimum absolute atomic E-state index is 0.105. The molecule has 2 amide bonds. The molecule has 5 rings (SSSR count). The molecule has 0 spiro atoms. The Labute approximate surface area is 234 Å². The van der Waals surface area contributed by atoms with Crippen LogP contribution in [0.5, 0.6) is 0 Å². The molecular formula is C28H27N7O2S2. The van der Waals surface area contributed by atoms with Gasteiger partial charge in [-0.3, -0.25) is 9.59 Å². The quantitative estimate of drug-likeness (QED) is 0.255. The SMILES string of the molecule is [C-]#[N+]c1ccc(CC(=O)Nc2nnc([C@@H]3CCC[C@@H](c4nnc(NC(=O)Cc5ccc(C)cc5)s4)C3)s2)cc1. The summed E-state index contributed by atoms with van der Waals surface area (Å²) in [5, 5.41) is 25.7. The van der Waals surface area contributed by atoms with E-state index in [-0.39, 0.29) is 30.1 Å². The highest BCUT2D eigenvalue weighted by Gasteiger charge is 2.29. The maximum absolute atomic E-state index is 12.5. The molecule has 11 heteroatoms. The molecule has 4 aromatic rings. The van der Waals surface area contributed by atoms with Crippen molar-refractivity contribution in [3.8, 4) is 0 Å². The third-order valence-corrected chi connectivity index (χ3v) is 8.66. The van der Waals surface area contributed by atoms with Crippen molar-refractivity contribution in [3.63, 3.8) is 0 Å². The van der Waals surface area contributed by atoms with Crippen molar-refractivity contribution < 1.29 is 9.59 Å². The van der Waals surface area contributed by atoms with Gasteiger partial charge in [-0.25, -0.2) is 4.85 Å². The summed E-state index contributed by atoms with van der Waals surface area (Å²) in [6.07, 6.45) is 4.43. The van der Waals surface area contributed by atoms with Crippen LogP contribution in [0.3, 0.4) is 0 Å². The van der Waals surface area contributed by atoms with Gasteiger partial charge in [-0.1, -0.05) is 83.2 Å². The molecule has 2 aromatic carbocycles. The Hall–Kier alpha value is -4.01. The van der Waals surface area contributed by atoms with Gasteiger partial charge >= 0.3 is 0 Å². The first-order chi connectivity index (χ1) is 18.9. The van der Waals surface area contributed by atoms with E-state index in [1.165, 1.54) is 22.7 Å². The molecule has 0 unspecified atom stereocenters. The van der Waals surface area contributed by atoms with Crippen molar-refractivity contribution in [3.05, 3.63) is 86.7 Å². The van der Waals surface area contributed by atoms with Gasteiger partial charge in [0.2, 0.25) is 22.1 Å². The van der Waals surface area contributed by atoms with E-state index in [0.717, 1.165) is 52.4 Å². The molecule has 0 radical (unpaired) electrons. The topological polar surface area (TPSA) is 114 Å². The van der Waals surface area contributed by atoms with Crippen LogP contribution >= 0.6 is 22.7 Å². The fourth-order valence-corrected chi connectivity index (χ4v) is 6.44. The van der Waals surface area contributed by atoms with Crippen LogP contribution in [0, 0.1) is 13.5 Å². The van der Waals surface area contributed by atoms with Crippen LogP contribution in [0.2, 0.25) is 0 Å². The lowest BCUT2D eigenvalue weighted by Gasteiger charge is -2.25. The molecule has 39 heavy (non-hydrogen) atoms. The van der Waals surface area contributed by atoms with Gasteiger partial charge in [-0.05, 0) is 37.3 Å². The first kappa shape index (κ1) is 26.6. The van der Waals surface area contributed by atoms with E-state index in [4.69, 9.17) is 6.57 Å². The Morgan fingerprint density at radius 2 is 1.31 bits per heavy atom. The summed E-state index contributed by atoms with van der Waals surface area (Å²) in [6, 6.07) is 14.9. The first-order valence-electron chi connectivity index (χ1n) is 12.7. The Kier molecular flexibility index (Phi) is 8.34. The van der Waals surface area contributed by atoms with Gasteiger partial charge in [0.1, 0.15) is 10.0 Å². The van der Waals surface area contributed by atoms with Crippen LogP contribution in [0.4, 0.5) is 16.0 Å². The molecule has 2 aromatic heterocycles. The number of carbonyl (C=O) groups excluding carboxylic acids is 2. The first-order valence-corrected chi connectivity index (χ1v) is 14.4. The molecule has 1 fully saturated rings. The maximum Gasteiger partial charge on any atom is 0.230 e.